The molecular formula is C26H35ClFN3O4S. The van der Waals surface area contributed by atoms with Crippen LogP contribution < -0.4 is 9.62 Å². The zero-order valence-electron chi connectivity index (χ0n) is 21.6. The molecule has 2 aromatic rings. The van der Waals surface area contributed by atoms with Crippen molar-refractivity contribution in [1.29, 1.82) is 0 Å². The largest absolute Gasteiger partial charge is 0.350 e. The molecule has 10 heteroatoms. The lowest BCUT2D eigenvalue weighted by atomic mass is 10.1. The smallest absolute Gasteiger partial charge is 0.242 e. The number of rotatable bonds is 10. The van der Waals surface area contributed by atoms with Crippen LogP contribution in [0.4, 0.5) is 10.1 Å². The molecule has 0 aliphatic rings. The molecular weight excluding hydrogens is 505 g/mol. The maximum atomic E-state index is 13.4. The average Bonchev–Trinajstić information content (AvgIpc) is 2.75. The zero-order chi connectivity index (χ0) is 27.3. The van der Waals surface area contributed by atoms with Crippen LogP contribution in [0, 0.1) is 12.7 Å². The van der Waals surface area contributed by atoms with Crippen LogP contribution in [0.5, 0.6) is 0 Å². The van der Waals surface area contributed by atoms with Crippen molar-refractivity contribution in [3.05, 3.63) is 64.4 Å². The number of aryl methyl sites for hydroxylation is 1. The summed E-state index contributed by atoms with van der Waals surface area (Å²) < 4.78 is 39.6. The van der Waals surface area contributed by atoms with Gasteiger partial charge in [0.2, 0.25) is 21.8 Å². The molecule has 198 valence electrons. The average molecular weight is 540 g/mol. The van der Waals surface area contributed by atoms with Crippen LogP contribution in [0.1, 0.15) is 51.7 Å². The van der Waals surface area contributed by atoms with E-state index in [1.807, 2.05) is 20.8 Å². The fourth-order valence-electron chi connectivity index (χ4n) is 3.68. The van der Waals surface area contributed by atoms with Crippen LogP contribution in [-0.2, 0) is 26.2 Å². The number of amides is 2. The van der Waals surface area contributed by atoms with Crippen LogP contribution >= 0.6 is 11.6 Å². The van der Waals surface area contributed by atoms with Crippen LogP contribution in [0.25, 0.3) is 0 Å². The lowest BCUT2D eigenvalue weighted by Gasteiger charge is -2.32. The number of anilines is 1. The molecule has 2 aromatic carbocycles. The topological polar surface area (TPSA) is 86.8 Å². The number of hydrogen-bond donors (Lipinski definition) is 1. The van der Waals surface area contributed by atoms with Gasteiger partial charge in [-0.25, -0.2) is 12.8 Å². The molecule has 0 aliphatic carbocycles. The predicted molar refractivity (Wildman–Crippen MR) is 142 cm³/mol. The van der Waals surface area contributed by atoms with E-state index < -0.39 is 27.4 Å². The number of benzene rings is 2. The number of nitrogens with one attached hydrogen (secondary N) is 1. The summed E-state index contributed by atoms with van der Waals surface area (Å²) in [6, 6.07) is 9.95. The molecule has 0 heterocycles. The Morgan fingerprint density at radius 1 is 1.11 bits per heavy atom. The van der Waals surface area contributed by atoms with Crippen molar-refractivity contribution < 1.29 is 22.4 Å². The summed E-state index contributed by atoms with van der Waals surface area (Å²) in [4.78, 5) is 27.6. The second-order valence-electron chi connectivity index (χ2n) is 9.93. The Hall–Kier alpha value is -2.65. The number of carbonyl (C=O) groups is 2. The summed E-state index contributed by atoms with van der Waals surface area (Å²) in [5.41, 5.74) is 1.38. The summed E-state index contributed by atoms with van der Waals surface area (Å²) in [6.45, 7) is 9.15. The molecule has 1 atom stereocenters. The molecule has 0 aromatic heterocycles. The van der Waals surface area contributed by atoms with Crippen molar-refractivity contribution in [3.8, 4) is 0 Å². The van der Waals surface area contributed by atoms with Gasteiger partial charge in [0.15, 0.2) is 0 Å². The molecule has 7 nitrogen and oxygen atoms in total. The van der Waals surface area contributed by atoms with Gasteiger partial charge in [0.05, 0.1) is 11.9 Å². The van der Waals surface area contributed by atoms with Crippen molar-refractivity contribution in [1.82, 2.24) is 10.2 Å². The Morgan fingerprint density at radius 2 is 1.72 bits per heavy atom. The number of hydrogen-bond acceptors (Lipinski definition) is 4. The molecule has 1 N–H and O–H groups in total. The molecule has 0 radical (unpaired) electrons. The summed E-state index contributed by atoms with van der Waals surface area (Å²) in [5, 5.41) is 3.29. The molecule has 0 fully saturated rings. The standard InChI is InChI=1S/C26H35ClFN3O4S/c1-18-9-12-21(27)16-23(18)31(36(6,34)35)15-7-8-24(32)30(17-20-10-13-22(28)14-11-20)19(2)25(33)29-26(3,4)5/h9-14,16,19H,7-8,15,17H2,1-6H3,(H,29,33). The lowest BCUT2D eigenvalue weighted by Crippen LogP contribution is -2.52. The number of halogens is 2. The van der Waals surface area contributed by atoms with Crippen LogP contribution in [0.2, 0.25) is 5.02 Å². The van der Waals surface area contributed by atoms with E-state index in [1.54, 1.807) is 44.2 Å². The maximum absolute atomic E-state index is 13.4. The fourth-order valence-corrected chi connectivity index (χ4v) is 4.86. The van der Waals surface area contributed by atoms with E-state index in [0.717, 1.165) is 11.8 Å². The quantitative estimate of drug-likeness (QED) is 0.475. The molecule has 0 aliphatic heterocycles. The lowest BCUT2D eigenvalue weighted by molar-refractivity contribution is -0.141. The van der Waals surface area contributed by atoms with Crippen molar-refractivity contribution in [2.45, 2.75) is 65.6 Å². The molecule has 0 saturated heterocycles. The van der Waals surface area contributed by atoms with E-state index >= 15 is 0 Å². The fraction of sp³-hybridized carbons (Fsp3) is 0.462. The van der Waals surface area contributed by atoms with E-state index in [9.17, 15) is 22.4 Å². The van der Waals surface area contributed by atoms with Gasteiger partial charge in [0.1, 0.15) is 11.9 Å². The minimum atomic E-state index is -3.63. The molecule has 36 heavy (non-hydrogen) atoms. The highest BCUT2D eigenvalue weighted by Gasteiger charge is 2.29. The first-order valence-electron chi connectivity index (χ1n) is 11.7. The Morgan fingerprint density at radius 3 is 2.28 bits per heavy atom. The van der Waals surface area contributed by atoms with Gasteiger partial charge in [0.25, 0.3) is 0 Å². The Bertz CT molecular complexity index is 1180. The van der Waals surface area contributed by atoms with Gasteiger partial charge in [0, 0.05) is 30.1 Å². The van der Waals surface area contributed by atoms with Gasteiger partial charge >= 0.3 is 0 Å². The van der Waals surface area contributed by atoms with Gasteiger partial charge in [-0.3, -0.25) is 13.9 Å². The summed E-state index contributed by atoms with van der Waals surface area (Å²) in [5.74, 6) is -1.02. The van der Waals surface area contributed by atoms with E-state index in [0.29, 0.717) is 16.3 Å². The van der Waals surface area contributed by atoms with Crippen LogP contribution in [0.15, 0.2) is 42.5 Å². The minimum absolute atomic E-state index is 0.0139. The highest BCUT2D eigenvalue weighted by atomic mass is 35.5. The Labute approximate surface area is 218 Å². The Kier molecular flexibility index (Phi) is 9.91. The van der Waals surface area contributed by atoms with Gasteiger partial charge in [-0.15, -0.1) is 0 Å². The third-order valence-electron chi connectivity index (χ3n) is 5.52. The zero-order valence-corrected chi connectivity index (χ0v) is 23.2. The van der Waals surface area contributed by atoms with E-state index in [1.165, 1.54) is 21.3 Å². The van der Waals surface area contributed by atoms with E-state index in [2.05, 4.69) is 5.32 Å². The SMILES string of the molecule is Cc1ccc(Cl)cc1N(CCCC(=O)N(Cc1ccc(F)cc1)C(C)C(=O)NC(C)(C)C)S(C)(=O)=O. The van der Waals surface area contributed by atoms with Crippen molar-refractivity contribution >= 4 is 39.1 Å². The van der Waals surface area contributed by atoms with Crippen molar-refractivity contribution in [2.24, 2.45) is 0 Å². The first-order chi connectivity index (χ1) is 16.6. The van der Waals surface area contributed by atoms with E-state index in [-0.39, 0.29) is 37.7 Å². The van der Waals surface area contributed by atoms with Gasteiger partial charge < -0.3 is 10.2 Å². The number of nitrogens with zero attached hydrogens (tertiary/aromatic N) is 2. The molecule has 0 spiro atoms. The van der Waals surface area contributed by atoms with Gasteiger partial charge in [-0.1, -0.05) is 29.8 Å². The molecule has 2 rings (SSSR count). The van der Waals surface area contributed by atoms with Crippen molar-refractivity contribution in [3.63, 3.8) is 0 Å². The summed E-state index contributed by atoms with van der Waals surface area (Å²) >= 11 is 6.09. The maximum Gasteiger partial charge on any atom is 0.242 e. The molecule has 1 unspecified atom stereocenters. The number of sulfonamides is 1. The van der Waals surface area contributed by atoms with Crippen LogP contribution in [0.3, 0.4) is 0 Å². The molecule has 0 bridgehead atoms. The summed E-state index contributed by atoms with van der Waals surface area (Å²) in [6.07, 6.45) is 1.35. The second kappa shape index (κ2) is 12.1. The monoisotopic (exact) mass is 539 g/mol. The minimum Gasteiger partial charge on any atom is -0.350 e. The molecule has 2 amide bonds. The third-order valence-corrected chi connectivity index (χ3v) is 6.94. The third kappa shape index (κ3) is 8.78. The first kappa shape index (κ1) is 29.6. The normalized spacial score (nSPS) is 12.7. The Balaban J connectivity index is 2.22. The second-order valence-corrected chi connectivity index (χ2v) is 12.3. The van der Waals surface area contributed by atoms with Crippen molar-refractivity contribution in [2.75, 3.05) is 17.1 Å². The van der Waals surface area contributed by atoms with Crippen LogP contribution in [-0.4, -0.2) is 49.5 Å². The predicted octanol–water partition coefficient (Wildman–Crippen LogP) is 4.67. The summed E-state index contributed by atoms with van der Waals surface area (Å²) in [7, 11) is -3.63. The van der Waals surface area contributed by atoms with Gasteiger partial charge in [-0.2, -0.15) is 0 Å². The van der Waals surface area contributed by atoms with E-state index in [4.69, 9.17) is 11.6 Å². The van der Waals surface area contributed by atoms with Gasteiger partial charge in [-0.05, 0) is 76.4 Å². The highest BCUT2D eigenvalue weighted by molar-refractivity contribution is 7.92. The highest BCUT2D eigenvalue weighted by Crippen LogP contribution is 2.27. The number of carbonyl (C=O) groups excluding carboxylic acids is 2. The molecule has 0 saturated carbocycles. The first-order valence-corrected chi connectivity index (χ1v) is 13.9.